The normalized spacial score (nSPS) is 22.2. The van der Waals surface area contributed by atoms with Gasteiger partial charge in [0, 0.05) is 24.8 Å². The lowest BCUT2D eigenvalue weighted by Gasteiger charge is -2.19. The molecule has 1 fully saturated rings. The minimum absolute atomic E-state index is 0.00828. The fraction of sp³-hybridized carbons (Fsp3) is 0.385. The Balaban J connectivity index is 1.92. The van der Waals surface area contributed by atoms with Gasteiger partial charge in [-0.2, -0.15) is 0 Å². The van der Waals surface area contributed by atoms with Crippen molar-refractivity contribution >= 4 is 17.6 Å². The number of likely N-dealkylation sites (tertiary alicyclic amines) is 1. The molecule has 0 aliphatic carbocycles. The lowest BCUT2D eigenvalue weighted by molar-refractivity contribution is -0.143. The van der Waals surface area contributed by atoms with Gasteiger partial charge in [0.15, 0.2) is 0 Å². The number of aliphatic carboxylic acids is 1. The molecule has 1 aromatic rings. The Labute approximate surface area is 119 Å². The third-order valence-corrected chi connectivity index (χ3v) is 3.32. The number of rotatable bonds is 4. The molecule has 1 unspecified atom stereocenters. The van der Waals surface area contributed by atoms with E-state index in [9.17, 15) is 18.4 Å². The van der Waals surface area contributed by atoms with Crippen molar-refractivity contribution in [1.82, 2.24) is 4.90 Å². The van der Waals surface area contributed by atoms with E-state index >= 15 is 0 Å². The predicted octanol–water partition coefficient (Wildman–Crippen LogP) is 0.391. The van der Waals surface area contributed by atoms with E-state index in [0.717, 1.165) is 12.1 Å². The molecule has 0 aromatic heterocycles. The maximum absolute atomic E-state index is 13.0. The average Bonchev–Trinajstić information content (AvgIpc) is 2.70. The van der Waals surface area contributed by atoms with Gasteiger partial charge in [-0.05, 0) is 18.6 Å². The van der Waals surface area contributed by atoms with Gasteiger partial charge < -0.3 is 16.2 Å². The van der Waals surface area contributed by atoms with Crippen molar-refractivity contribution in [2.45, 2.75) is 12.0 Å². The summed E-state index contributed by atoms with van der Waals surface area (Å²) in [6.07, 6.45) is 0.240. The van der Waals surface area contributed by atoms with Crippen molar-refractivity contribution in [3.63, 3.8) is 0 Å². The van der Waals surface area contributed by atoms with E-state index in [1.54, 1.807) is 4.90 Å². The summed E-state index contributed by atoms with van der Waals surface area (Å²) in [5, 5.41) is 11.3. The molecule has 4 N–H and O–H groups in total. The molecular weight excluding hydrogens is 284 g/mol. The number of nitrogens with zero attached hydrogens (tertiary/aromatic N) is 1. The van der Waals surface area contributed by atoms with Crippen LogP contribution < -0.4 is 11.1 Å². The number of nitrogens with two attached hydrogens (primary N) is 1. The molecule has 1 amide bonds. The molecule has 1 aliphatic heterocycles. The second-order valence-corrected chi connectivity index (χ2v) is 5.13. The summed E-state index contributed by atoms with van der Waals surface area (Å²) in [6, 6.07) is 2.69. The molecule has 1 aliphatic rings. The van der Waals surface area contributed by atoms with Crippen LogP contribution in [0.15, 0.2) is 18.2 Å². The fourth-order valence-electron chi connectivity index (χ4n) is 2.25. The van der Waals surface area contributed by atoms with Crippen LogP contribution in [0.25, 0.3) is 0 Å². The van der Waals surface area contributed by atoms with Crippen molar-refractivity contribution in [3.05, 3.63) is 29.8 Å². The summed E-state index contributed by atoms with van der Waals surface area (Å²) in [5.74, 6) is -3.19. The van der Waals surface area contributed by atoms with Gasteiger partial charge in [0.1, 0.15) is 17.2 Å². The SMILES string of the molecule is NC1(C(=O)O)CCN(CC(=O)Nc2cc(F)cc(F)c2)C1. The van der Waals surface area contributed by atoms with Gasteiger partial charge in [0.25, 0.3) is 0 Å². The van der Waals surface area contributed by atoms with E-state index in [-0.39, 0.29) is 25.2 Å². The van der Waals surface area contributed by atoms with Crippen LogP contribution in [0.4, 0.5) is 14.5 Å². The summed E-state index contributed by atoms with van der Waals surface area (Å²) in [4.78, 5) is 24.4. The number of hydrogen-bond acceptors (Lipinski definition) is 4. The Kier molecular flexibility index (Phi) is 4.19. The summed E-state index contributed by atoms with van der Waals surface area (Å²) >= 11 is 0. The second kappa shape index (κ2) is 5.74. The van der Waals surface area contributed by atoms with E-state index in [0.29, 0.717) is 12.6 Å². The molecule has 0 spiro atoms. The van der Waals surface area contributed by atoms with Crippen molar-refractivity contribution in [2.24, 2.45) is 5.73 Å². The fourth-order valence-corrected chi connectivity index (χ4v) is 2.25. The second-order valence-electron chi connectivity index (χ2n) is 5.13. The minimum atomic E-state index is -1.36. The van der Waals surface area contributed by atoms with Crippen molar-refractivity contribution in [2.75, 3.05) is 25.0 Å². The molecule has 0 saturated carbocycles. The first-order valence-corrected chi connectivity index (χ1v) is 6.29. The summed E-state index contributed by atoms with van der Waals surface area (Å²) in [5.41, 5.74) is 4.34. The first kappa shape index (κ1) is 15.3. The Bertz CT molecular complexity index is 562. The number of benzene rings is 1. The summed E-state index contributed by atoms with van der Waals surface area (Å²) in [7, 11) is 0. The molecule has 2 rings (SSSR count). The number of carbonyl (C=O) groups excluding carboxylic acids is 1. The van der Waals surface area contributed by atoms with Gasteiger partial charge in [-0.15, -0.1) is 0 Å². The molecule has 8 heteroatoms. The monoisotopic (exact) mass is 299 g/mol. The van der Waals surface area contributed by atoms with E-state index in [4.69, 9.17) is 10.8 Å². The maximum atomic E-state index is 13.0. The molecule has 21 heavy (non-hydrogen) atoms. The Morgan fingerprint density at radius 3 is 2.48 bits per heavy atom. The highest BCUT2D eigenvalue weighted by molar-refractivity contribution is 5.92. The van der Waals surface area contributed by atoms with Gasteiger partial charge in [0.05, 0.1) is 6.54 Å². The predicted molar refractivity (Wildman–Crippen MR) is 70.6 cm³/mol. The molecular formula is C13H15F2N3O3. The molecule has 114 valence electrons. The summed E-state index contributed by atoms with van der Waals surface area (Å²) < 4.78 is 26.0. The molecule has 6 nitrogen and oxygen atoms in total. The van der Waals surface area contributed by atoms with Crippen molar-refractivity contribution in [1.29, 1.82) is 0 Å². The molecule has 1 saturated heterocycles. The molecule has 0 bridgehead atoms. The Morgan fingerprint density at radius 2 is 1.95 bits per heavy atom. The number of carbonyl (C=O) groups is 2. The quantitative estimate of drug-likeness (QED) is 0.747. The summed E-state index contributed by atoms with van der Waals surface area (Å²) in [6.45, 7) is 0.325. The van der Waals surface area contributed by atoms with Gasteiger partial charge in [-0.3, -0.25) is 14.5 Å². The van der Waals surface area contributed by atoms with Crippen LogP contribution in [-0.4, -0.2) is 47.1 Å². The zero-order valence-electron chi connectivity index (χ0n) is 11.1. The van der Waals surface area contributed by atoms with E-state index in [2.05, 4.69) is 5.32 Å². The van der Waals surface area contributed by atoms with Gasteiger partial charge in [-0.25, -0.2) is 8.78 Å². The average molecular weight is 299 g/mol. The highest BCUT2D eigenvalue weighted by atomic mass is 19.1. The first-order chi connectivity index (χ1) is 9.78. The first-order valence-electron chi connectivity index (χ1n) is 6.29. The van der Waals surface area contributed by atoms with Crippen LogP contribution >= 0.6 is 0 Å². The number of amides is 1. The zero-order chi connectivity index (χ0) is 15.6. The van der Waals surface area contributed by atoms with E-state index in [1.807, 2.05) is 0 Å². The van der Waals surface area contributed by atoms with Crippen LogP contribution in [0.5, 0.6) is 0 Å². The van der Waals surface area contributed by atoms with Crippen LogP contribution in [0.1, 0.15) is 6.42 Å². The number of carboxylic acids is 1. The van der Waals surface area contributed by atoms with Crippen LogP contribution in [0, 0.1) is 11.6 Å². The van der Waals surface area contributed by atoms with Gasteiger partial charge >= 0.3 is 5.97 Å². The van der Waals surface area contributed by atoms with Gasteiger partial charge in [-0.1, -0.05) is 0 Å². The smallest absolute Gasteiger partial charge is 0.325 e. The number of carboxylic acid groups (broad SMARTS) is 1. The number of anilines is 1. The number of halogens is 2. The highest BCUT2D eigenvalue weighted by Crippen LogP contribution is 2.19. The minimum Gasteiger partial charge on any atom is -0.480 e. The Hall–Kier alpha value is -2.06. The molecule has 1 aromatic carbocycles. The lowest BCUT2D eigenvalue weighted by Crippen LogP contribution is -2.50. The molecule has 0 radical (unpaired) electrons. The number of nitrogens with one attached hydrogen (secondary N) is 1. The van der Waals surface area contributed by atoms with Crippen LogP contribution in [0.2, 0.25) is 0 Å². The zero-order valence-corrected chi connectivity index (χ0v) is 11.1. The number of hydrogen-bond donors (Lipinski definition) is 3. The van der Waals surface area contributed by atoms with Gasteiger partial charge in [0.2, 0.25) is 5.91 Å². The van der Waals surface area contributed by atoms with E-state index < -0.39 is 29.0 Å². The van der Waals surface area contributed by atoms with Crippen LogP contribution in [0.3, 0.4) is 0 Å². The third-order valence-electron chi connectivity index (χ3n) is 3.32. The topological polar surface area (TPSA) is 95.7 Å². The lowest BCUT2D eigenvalue weighted by atomic mass is 10.0. The van der Waals surface area contributed by atoms with Crippen molar-refractivity contribution < 1.29 is 23.5 Å². The highest BCUT2D eigenvalue weighted by Gasteiger charge is 2.41. The maximum Gasteiger partial charge on any atom is 0.325 e. The largest absolute Gasteiger partial charge is 0.480 e. The van der Waals surface area contributed by atoms with E-state index in [1.165, 1.54) is 0 Å². The Morgan fingerprint density at radius 1 is 1.33 bits per heavy atom. The third kappa shape index (κ3) is 3.73. The van der Waals surface area contributed by atoms with Crippen molar-refractivity contribution in [3.8, 4) is 0 Å². The molecule has 1 heterocycles. The standard InChI is InChI=1S/C13H15F2N3O3/c14-8-3-9(15)5-10(4-8)17-11(19)6-18-2-1-13(16,7-18)12(20)21/h3-5H,1-2,6-7,16H2,(H,17,19)(H,20,21). The molecule has 1 atom stereocenters. The van der Waals surface area contributed by atoms with Crippen LogP contribution in [-0.2, 0) is 9.59 Å².